The van der Waals surface area contributed by atoms with Crippen molar-refractivity contribution in [3.63, 3.8) is 0 Å². The van der Waals surface area contributed by atoms with Crippen LogP contribution in [-0.2, 0) is 12.8 Å². The molecule has 0 spiro atoms. The van der Waals surface area contributed by atoms with Gasteiger partial charge in [-0.05, 0) is 95.8 Å². The second kappa shape index (κ2) is 5.99. The lowest BCUT2D eigenvalue weighted by molar-refractivity contribution is 0.946. The van der Waals surface area contributed by atoms with Gasteiger partial charge < -0.3 is 9.97 Å². The molecule has 144 valence electrons. The molecule has 0 bridgehead atoms. The van der Waals surface area contributed by atoms with Gasteiger partial charge in [-0.2, -0.15) is 0 Å². The third-order valence-corrected chi connectivity index (χ3v) is 7.51. The molecule has 0 unspecified atom stereocenters. The zero-order chi connectivity index (χ0) is 20.0. The summed E-state index contributed by atoms with van der Waals surface area (Å²) in [4.78, 5) is 7.23. The molecule has 2 N–H and O–H groups in total. The zero-order valence-electron chi connectivity index (χ0n) is 15.9. The summed E-state index contributed by atoms with van der Waals surface area (Å²) >= 11 is 7.24. The molecule has 0 saturated heterocycles. The minimum Gasteiger partial charge on any atom is -0.354 e. The van der Waals surface area contributed by atoms with E-state index in [1.54, 1.807) is 0 Å². The number of H-pyrrole nitrogens is 2. The van der Waals surface area contributed by atoms with Crippen LogP contribution >= 0.6 is 31.9 Å². The van der Waals surface area contributed by atoms with Crippen molar-refractivity contribution in [1.29, 1.82) is 0 Å². The first-order chi connectivity index (χ1) is 14.6. The van der Waals surface area contributed by atoms with Crippen LogP contribution in [-0.4, -0.2) is 9.97 Å². The first-order valence-corrected chi connectivity index (χ1v) is 11.7. The molecule has 30 heavy (non-hydrogen) atoms. The molecular weight excluding hydrogens is 500 g/mol. The molecular formula is C26H16Br2N2. The van der Waals surface area contributed by atoms with Crippen molar-refractivity contribution in [2.45, 2.75) is 12.8 Å². The van der Waals surface area contributed by atoms with Gasteiger partial charge in [0.2, 0.25) is 0 Å². The zero-order valence-corrected chi connectivity index (χ0v) is 19.1. The van der Waals surface area contributed by atoms with E-state index in [9.17, 15) is 0 Å². The van der Waals surface area contributed by atoms with Crippen LogP contribution in [0.2, 0.25) is 0 Å². The number of fused-ring (bicyclic) bond motifs is 9. The second-order valence-electron chi connectivity index (χ2n) is 8.24. The second-order valence-corrected chi connectivity index (χ2v) is 10.1. The number of benzene rings is 4. The first-order valence-electron chi connectivity index (χ1n) is 10.1. The highest BCUT2D eigenvalue weighted by atomic mass is 79.9. The van der Waals surface area contributed by atoms with Crippen molar-refractivity contribution in [3.8, 4) is 11.1 Å². The fourth-order valence-electron chi connectivity index (χ4n) is 5.11. The Labute approximate surface area is 189 Å². The van der Waals surface area contributed by atoms with Gasteiger partial charge in [0.1, 0.15) is 0 Å². The van der Waals surface area contributed by atoms with Crippen molar-refractivity contribution in [2.24, 2.45) is 0 Å². The van der Waals surface area contributed by atoms with Crippen molar-refractivity contribution in [3.05, 3.63) is 80.7 Å². The molecule has 0 saturated carbocycles. The molecule has 2 nitrogen and oxygen atoms in total. The summed E-state index contributed by atoms with van der Waals surface area (Å²) in [5.41, 5.74) is 10.4. The van der Waals surface area contributed by atoms with E-state index >= 15 is 0 Å². The highest BCUT2D eigenvalue weighted by Crippen LogP contribution is 2.41. The van der Waals surface area contributed by atoms with E-state index < -0.39 is 0 Å². The topological polar surface area (TPSA) is 31.6 Å². The van der Waals surface area contributed by atoms with Gasteiger partial charge in [0, 0.05) is 52.6 Å². The van der Waals surface area contributed by atoms with Gasteiger partial charge in [0.25, 0.3) is 0 Å². The van der Waals surface area contributed by atoms with E-state index in [0.717, 1.165) is 21.8 Å². The van der Waals surface area contributed by atoms with E-state index in [4.69, 9.17) is 0 Å². The highest BCUT2D eigenvalue weighted by molar-refractivity contribution is 9.10. The van der Waals surface area contributed by atoms with E-state index in [1.165, 1.54) is 65.9 Å². The van der Waals surface area contributed by atoms with Crippen molar-refractivity contribution < 1.29 is 0 Å². The molecule has 0 radical (unpaired) electrons. The average molecular weight is 516 g/mol. The number of hydrogen-bond donors (Lipinski definition) is 2. The molecule has 0 atom stereocenters. The highest BCUT2D eigenvalue weighted by Gasteiger charge is 2.20. The molecule has 7 rings (SSSR count). The van der Waals surface area contributed by atoms with Crippen molar-refractivity contribution >= 4 is 75.5 Å². The molecule has 0 aliphatic heterocycles. The number of aryl methyl sites for hydroxylation is 2. The van der Waals surface area contributed by atoms with E-state index in [1.807, 2.05) is 0 Å². The van der Waals surface area contributed by atoms with Gasteiger partial charge in [0.15, 0.2) is 0 Å². The van der Waals surface area contributed by atoms with Gasteiger partial charge in [-0.1, -0.05) is 31.9 Å². The molecule has 2 heterocycles. The molecule has 0 fully saturated rings. The summed E-state index contributed by atoms with van der Waals surface area (Å²) in [5.74, 6) is 0. The fraction of sp³-hybridized carbons (Fsp3) is 0.0769. The predicted octanol–water partition coefficient (Wildman–Crippen LogP) is 8.25. The van der Waals surface area contributed by atoms with Gasteiger partial charge in [-0.25, -0.2) is 0 Å². The molecule has 1 aliphatic carbocycles. The number of hydrogen-bond acceptors (Lipinski definition) is 0. The Morgan fingerprint density at radius 2 is 0.933 bits per heavy atom. The van der Waals surface area contributed by atoms with Crippen LogP contribution in [0.5, 0.6) is 0 Å². The number of nitrogens with one attached hydrogen (secondary N) is 2. The predicted molar refractivity (Wildman–Crippen MR) is 133 cm³/mol. The summed E-state index contributed by atoms with van der Waals surface area (Å²) in [6, 6.07) is 22.4. The largest absolute Gasteiger partial charge is 0.354 e. The van der Waals surface area contributed by atoms with Crippen LogP contribution in [0.25, 0.3) is 54.7 Å². The standard InChI is InChI=1S/C26H16Br2N2/c27-15-3-5-23-21(9-15)19-7-13-1-2-14-8-20-22-10-16(28)4-6-24(22)30-26(20)12-18(14)17(13)11-25(19)29-23/h3-12,29-30H,1-2H2. The van der Waals surface area contributed by atoms with Crippen LogP contribution in [0.15, 0.2) is 69.6 Å². The number of halogens is 2. The fourth-order valence-corrected chi connectivity index (χ4v) is 5.83. The number of rotatable bonds is 0. The van der Waals surface area contributed by atoms with Crippen molar-refractivity contribution in [1.82, 2.24) is 9.97 Å². The Hall–Kier alpha value is -2.56. The maximum Gasteiger partial charge on any atom is 0.0471 e. The Kier molecular flexibility index (Phi) is 3.43. The van der Waals surface area contributed by atoms with Crippen LogP contribution in [0.3, 0.4) is 0 Å². The van der Waals surface area contributed by atoms with Gasteiger partial charge >= 0.3 is 0 Å². The normalized spacial score (nSPS) is 13.4. The quantitative estimate of drug-likeness (QED) is 0.204. The van der Waals surface area contributed by atoms with E-state index in [0.29, 0.717) is 0 Å². The van der Waals surface area contributed by atoms with E-state index in [2.05, 4.69) is 102 Å². The summed E-state index contributed by atoms with van der Waals surface area (Å²) in [5, 5.41) is 5.18. The average Bonchev–Trinajstić information content (AvgIpc) is 3.27. The van der Waals surface area contributed by atoms with Crippen LogP contribution < -0.4 is 0 Å². The lowest BCUT2D eigenvalue weighted by Crippen LogP contribution is -2.04. The molecule has 4 aromatic carbocycles. The van der Waals surface area contributed by atoms with Crippen LogP contribution in [0.4, 0.5) is 0 Å². The summed E-state index contributed by atoms with van der Waals surface area (Å²) < 4.78 is 2.23. The van der Waals surface area contributed by atoms with Crippen molar-refractivity contribution in [2.75, 3.05) is 0 Å². The number of aromatic nitrogens is 2. The Morgan fingerprint density at radius 3 is 1.40 bits per heavy atom. The Bertz CT molecular complexity index is 1540. The third-order valence-electron chi connectivity index (χ3n) is 6.52. The van der Waals surface area contributed by atoms with Gasteiger partial charge in [-0.15, -0.1) is 0 Å². The molecule has 0 amide bonds. The summed E-state index contributed by atoms with van der Waals surface area (Å²) in [6.07, 6.45) is 2.16. The summed E-state index contributed by atoms with van der Waals surface area (Å²) in [6.45, 7) is 0. The molecule has 6 aromatic rings. The summed E-state index contributed by atoms with van der Waals surface area (Å²) in [7, 11) is 0. The van der Waals surface area contributed by atoms with Gasteiger partial charge in [-0.3, -0.25) is 0 Å². The minimum atomic E-state index is 1.08. The maximum absolute atomic E-state index is 3.62. The SMILES string of the molecule is Brc1ccc2[nH]c3cc4c(cc3c2c1)CCc1cc2c(cc1-4)[nH]c1ccc(Br)cc12. The van der Waals surface area contributed by atoms with Gasteiger partial charge in [0.05, 0.1) is 0 Å². The smallest absolute Gasteiger partial charge is 0.0471 e. The first kappa shape index (κ1) is 17.2. The molecule has 4 heteroatoms. The lowest BCUT2D eigenvalue weighted by Gasteiger charge is -2.20. The molecule has 2 aromatic heterocycles. The lowest BCUT2D eigenvalue weighted by atomic mass is 9.84. The monoisotopic (exact) mass is 514 g/mol. The van der Waals surface area contributed by atoms with Crippen LogP contribution in [0.1, 0.15) is 11.1 Å². The minimum absolute atomic E-state index is 1.08. The Balaban J connectivity index is 1.51. The maximum atomic E-state index is 3.62. The Morgan fingerprint density at radius 1 is 0.500 bits per heavy atom. The molecule has 1 aliphatic rings. The van der Waals surface area contributed by atoms with E-state index in [-0.39, 0.29) is 0 Å². The van der Waals surface area contributed by atoms with Crippen LogP contribution in [0, 0.1) is 0 Å². The number of aromatic amines is 2. The third kappa shape index (κ3) is 2.35.